The van der Waals surface area contributed by atoms with E-state index >= 15 is 0 Å². The van der Waals surface area contributed by atoms with E-state index in [1.165, 1.54) is 58.0 Å². The Morgan fingerprint density at radius 2 is 1.82 bits per heavy atom. The lowest BCUT2D eigenvalue weighted by atomic mass is 9.96. The summed E-state index contributed by atoms with van der Waals surface area (Å²) >= 11 is 0. The predicted molar refractivity (Wildman–Crippen MR) is 72.2 cm³/mol. The molecule has 2 fully saturated rings. The normalized spacial score (nSPS) is 24.1. The van der Waals surface area contributed by atoms with E-state index in [1.807, 2.05) is 0 Å². The second-order valence-corrected chi connectivity index (χ2v) is 5.29. The molecule has 0 aromatic heterocycles. The van der Waals surface area contributed by atoms with Gasteiger partial charge in [-0.3, -0.25) is 4.99 Å². The van der Waals surface area contributed by atoms with Crippen molar-refractivity contribution in [2.45, 2.75) is 51.0 Å². The summed E-state index contributed by atoms with van der Waals surface area (Å²) in [6, 6.07) is 0.569. The van der Waals surface area contributed by atoms with Crippen molar-refractivity contribution in [3.63, 3.8) is 0 Å². The monoisotopic (exact) mass is 238 g/mol. The van der Waals surface area contributed by atoms with Crippen LogP contribution >= 0.6 is 0 Å². The number of nitrogens with two attached hydrogens (primary N) is 1. The van der Waals surface area contributed by atoms with Crippen LogP contribution in [-0.4, -0.2) is 43.1 Å². The minimum Gasteiger partial charge on any atom is -0.370 e. The van der Waals surface area contributed by atoms with Crippen molar-refractivity contribution in [1.29, 1.82) is 0 Å². The summed E-state index contributed by atoms with van der Waals surface area (Å²) in [4.78, 5) is 6.89. The summed E-state index contributed by atoms with van der Waals surface area (Å²) in [5, 5.41) is 3.35. The smallest absolute Gasteiger partial charge is 0.188 e. The Hall–Kier alpha value is -0.770. The van der Waals surface area contributed by atoms with Gasteiger partial charge >= 0.3 is 0 Å². The van der Waals surface area contributed by atoms with E-state index in [9.17, 15) is 0 Å². The maximum absolute atomic E-state index is 5.91. The fourth-order valence-electron chi connectivity index (χ4n) is 2.82. The number of rotatable bonds is 4. The molecule has 1 saturated carbocycles. The first-order valence-corrected chi connectivity index (χ1v) is 7.13. The Morgan fingerprint density at radius 1 is 1.12 bits per heavy atom. The average Bonchev–Trinajstić information content (AvgIpc) is 2.83. The first-order valence-electron chi connectivity index (χ1n) is 7.13. The van der Waals surface area contributed by atoms with Crippen LogP contribution in [0.5, 0.6) is 0 Å². The zero-order valence-electron chi connectivity index (χ0n) is 10.8. The van der Waals surface area contributed by atoms with Gasteiger partial charge in [-0.1, -0.05) is 19.3 Å². The van der Waals surface area contributed by atoms with E-state index in [4.69, 9.17) is 5.73 Å². The molecule has 98 valence electrons. The molecule has 1 aliphatic heterocycles. The number of nitrogens with one attached hydrogen (secondary N) is 1. The zero-order valence-corrected chi connectivity index (χ0v) is 10.8. The van der Waals surface area contributed by atoms with Gasteiger partial charge in [0.1, 0.15) is 0 Å². The Labute approximate surface area is 105 Å². The molecule has 17 heavy (non-hydrogen) atoms. The lowest BCUT2D eigenvalue weighted by molar-refractivity contribution is 0.348. The summed E-state index contributed by atoms with van der Waals surface area (Å²) in [5.74, 6) is 0.649. The molecule has 0 aromatic carbocycles. The molecule has 2 rings (SSSR count). The van der Waals surface area contributed by atoms with Crippen LogP contribution in [0.3, 0.4) is 0 Å². The highest BCUT2D eigenvalue weighted by Gasteiger charge is 2.13. The number of aliphatic imine (C=N–C) groups is 1. The molecular weight excluding hydrogens is 212 g/mol. The van der Waals surface area contributed by atoms with Gasteiger partial charge in [0.25, 0.3) is 0 Å². The number of guanidine groups is 1. The third-order valence-electron chi connectivity index (χ3n) is 3.85. The standard InChI is InChI=1S/C13H26N4/c14-13(16-12-6-2-1-3-7-12)15-8-11-17-9-4-5-10-17/h12H,1-11H2,(H3,14,15,16). The zero-order chi connectivity index (χ0) is 11.9. The van der Waals surface area contributed by atoms with Crippen molar-refractivity contribution >= 4 is 5.96 Å². The van der Waals surface area contributed by atoms with Gasteiger partial charge in [0.2, 0.25) is 0 Å². The molecule has 1 aliphatic carbocycles. The highest BCUT2D eigenvalue weighted by molar-refractivity contribution is 5.78. The summed E-state index contributed by atoms with van der Waals surface area (Å²) in [7, 11) is 0. The van der Waals surface area contributed by atoms with Crippen molar-refractivity contribution in [2.24, 2.45) is 10.7 Å². The van der Waals surface area contributed by atoms with E-state index in [-0.39, 0.29) is 0 Å². The molecule has 3 N–H and O–H groups in total. The first kappa shape index (κ1) is 12.7. The minimum atomic E-state index is 0.569. The van der Waals surface area contributed by atoms with Gasteiger partial charge in [0.15, 0.2) is 5.96 Å². The SMILES string of the molecule is NC(=NCCN1CCCC1)NC1CCCCC1. The minimum absolute atomic E-state index is 0.569. The van der Waals surface area contributed by atoms with E-state index in [1.54, 1.807) is 0 Å². The number of nitrogens with zero attached hydrogens (tertiary/aromatic N) is 2. The molecular formula is C13H26N4. The van der Waals surface area contributed by atoms with Crippen LogP contribution in [0.2, 0.25) is 0 Å². The molecule has 4 heteroatoms. The summed E-state index contributed by atoms with van der Waals surface area (Å²) in [5.41, 5.74) is 5.91. The quantitative estimate of drug-likeness (QED) is 0.574. The molecule has 4 nitrogen and oxygen atoms in total. The fraction of sp³-hybridized carbons (Fsp3) is 0.923. The Kier molecular flexibility index (Phi) is 5.10. The first-order chi connectivity index (χ1) is 8.34. The molecule has 1 saturated heterocycles. The highest BCUT2D eigenvalue weighted by Crippen LogP contribution is 2.16. The maximum Gasteiger partial charge on any atom is 0.188 e. The molecule has 2 aliphatic rings. The van der Waals surface area contributed by atoms with Crippen LogP contribution in [0.25, 0.3) is 0 Å². The van der Waals surface area contributed by atoms with Crippen molar-refractivity contribution in [1.82, 2.24) is 10.2 Å². The third kappa shape index (κ3) is 4.54. The van der Waals surface area contributed by atoms with E-state index < -0.39 is 0 Å². The van der Waals surface area contributed by atoms with Gasteiger partial charge in [-0.05, 0) is 38.8 Å². The van der Waals surface area contributed by atoms with Crippen LogP contribution in [0.15, 0.2) is 4.99 Å². The van der Waals surface area contributed by atoms with E-state index in [2.05, 4.69) is 15.2 Å². The second-order valence-electron chi connectivity index (χ2n) is 5.29. The summed E-state index contributed by atoms with van der Waals surface area (Å²) in [6.45, 7) is 4.38. The predicted octanol–water partition coefficient (Wildman–Crippen LogP) is 1.32. The lowest BCUT2D eigenvalue weighted by Gasteiger charge is -2.23. The van der Waals surface area contributed by atoms with Crippen molar-refractivity contribution < 1.29 is 0 Å². The molecule has 0 bridgehead atoms. The lowest BCUT2D eigenvalue weighted by Crippen LogP contribution is -2.41. The van der Waals surface area contributed by atoms with Gasteiger partial charge in [0, 0.05) is 12.6 Å². The molecule has 0 radical (unpaired) electrons. The number of hydrogen-bond donors (Lipinski definition) is 2. The van der Waals surface area contributed by atoms with Gasteiger partial charge in [-0.2, -0.15) is 0 Å². The number of likely N-dealkylation sites (tertiary alicyclic amines) is 1. The fourth-order valence-corrected chi connectivity index (χ4v) is 2.82. The van der Waals surface area contributed by atoms with Gasteiger partial charge in [-0.15, -0.1) is 0 Å². The van der Waals surface area contributed by atoms with Crippen molar-refractivity contribution in [3.8, 4) is 0 Å². The highest BCUT2D eigenvalue weighted by atomic mass is 15.2. The van der Waals surface area contributed by atoms with Gasteiger partial charge in [-0.25, -0.2) is 0 Å². The van der Waals surface area contributed by atoms with Crippen LogP contribution < -0.4 is 11.1 Å². The van der Waals surface area contributed by atoms with Crippen LogP contribution in [0.1, 0.15) is 44.9 Å². The Balaban J connectivity index is 1.61. The maximum atomic E-state index is 5.91. The summed E-state index contributed by atoms with van der Waals surface area (Å²) in [6.07, 6.45) is 9.24. The topological polar surface area (TPSA) is 53.6 Å². The van der Waals surface area contributed by atoms with E-state index in [0.29, 0.717) is 12.0 Å². The molecule has 0 atom stereocenters. The van der Waals surface area contributed by atoms with Crippen LogP contribution in [-0.2, 0) is 0 Å². The van der Waals surface area contributed by atoms with Crippen LogP contribution in [0.4, 0.5) is 0 Å². The van der Waals surface area contributed by atoms with Gasteiger partial charge in [0.05, 0.1) is 6.54 Å². The molecule has 0 aromatic rings. The Morgan fingerprint density at radius 3 is 2.53 bits per heavy atom. The number of hydrogen-bond acceptors (Lipinski definition) is 2. The summed E-state index contributed by atoms with van der Waals surface area (Å²) < 4.78 is 0. The molecule has 1 heterocycles. The average molecular weight is 238 g/mol. The molecule has 0 spiro atoms. The second kappa shape index (κ2) is 6.84. The van der Waals surface area contributed by atoms with E-state index in [0.717, 1.165) is 13.1 Å². The molecule has 0 unspecified atom stereocenters. The van der Waals surface area contributed by atoms with Gasteiger partial charge < -0.3 is 16.0 Å². The Bertz CT molecular complexity index is 240. The van der Waals surface area contributed by atoms with Crippen LogP contribution in [0, 0.1) is 0 Å². The molecule has 0 amide bonds. The third-order valence-corrected chi connectivity index (χ3v) is 3.85. The largest absolute Gasteiger partial charge is 0.370 e. The van der Waals surface area contributed by atoms with Crippen molar-refractivity contribution in [2.75, 3.05) is 26.2 Å². The van der Waals surface area contributed by atoms with Crippen molar-refractivity contribution in [3.05, 3.63) is 0 Å².